The van der Waals surface area contributed by atoms with Crippen molar-refractivity contribution in [3.63, 3.8) is 0 Å². The maximum Gasteiger partial charge on any atom is 0.259 e. The van der Waals surface area contributed by atoms with Crippen molar-refractivity contribution in [2.45, 2.75) is 32.2 Å². The Morgan fingerprint density at radius 1 is 1.07 bits per heavy atom. The molecule has 4 rings (SSSR count). The molecule has 1 aromatic carbocycles. The molecule has 1 atom stereocenters. The molecule has 0 fully saturated rings. The number of rotatable bonds is 8. The fourth-order valence-electron chi connectivity index (χ4n) is 2.98. The van der Waals surface area contributed by atoms with Crippen LogP contribution in [0.25, 0.3) is 11.5 Å². The number of hydrogen-bond acceptors (Lipinski definition) is 6. The van der Waals surface area contributed by atoms with Crippen molar-refractivity contribution in [2.24, 2.45) is 0 Å². The summed E-state index contributed by atoms with van der Waals surface area (Å²) in [6, 6.07) is 14.3. The Morgan fingerprint density at radius 2 is 1.96 bits per heavy atom. The summed E-state index contributed by atoms with van der Waals surface area (Å²) in [5.74, 6) is 2.84. The summed E-state index contributed by atoms with van der Waals surface area (Å²) in [7, 11) is 0. The zero-order valence-electron chi connectivity index (χ0n) is 15.7. The minimum absolute atomic E-state index is 0.0352. The maximum atomic E-state index is 5.40. The minimum Gasteiger partial charge on any atom is -0.360 e. The van der Waals surface area contributed by atoms with Gasteiger partial charge >= 0.3 is 0 Å². The van der Waals surface area contributed by atoms with Crippen LogP contribution in [0.1, 0.15) is 36.6 Å². The first-order valence-corrected chi connectivity index (χ1v) is 9.36. The van der Waals surface area contributed by atoms with Crippen molar-refractivity contribution < 1.29 is 4.52 Å². The van der Waals surface area contributed by atoms with E-state index in [-0.39, 0.29) is 6.04 Å². The molecule has 142 valence electrons. The van der Waals surface area contributed by atoms with E-state index in [1.807, 2.05) is 25.1 Å². The largest absolute Gasteiger partial charge is 0.360 e. The predicted octanol–water partition coefficient (Wildman–Crippen LogP) is 4.20. The Hall–Kier alpha value is -3.48. The molecule has 0 saturated carbocycles. The van der Waals surface area contributed by atoms with Crippen molar-refractivity contribution >= 4 is 5.82 Å². The van der Waals surface area contributed by atoms with Gasteiger partial charge in [-0.15, -0.1) is 0 Å². The number of benzene rings is 1. The lowest BCUT2D eigenvalue weighted by Gasteiger charge is -2.11. The van der Waals surface area contributed by atoms with Crippen molar-refractivity contribution in [2.75, 3.05) is 5.32 Å². The highest BCUT2D eigenvalue weighted by Crippen LogP contribution is 2.20. The molecule has 3 aromatic heterocycles. The molecule has 4 aromatic rings. The average molecular weight is 374 g/mol. The van der Waals surface area contributed by atoms with E-state index in [0.29, 0.717) is 5.89 Å². The number of aromatic amines is 1. The lowest BCUT2D eigenvalue weighted by Crippen LogP contribution is -2.09. The second-order valence-electron chi connectivity index (χ2n) is 6.63. The molecule has 3 heterocycles. The van der Waals surface area contributed by atoms with Crippen LogP contribution in [0.4, 0.5) is 5.82 Å². The van der Waals surface area contributed by atoms with Gasteiger partial charge in [-0.25, -0.2) is 9.97 Å². The lowest BCUT2D eigenvalue weighted by atomic mass is 10.1. The molecule has 7 heteroatoms. The molecule has 7 nitrogen and oxygen atoms in total. The van der Waals surface area contributed by atoms with Crippen LogP contribution in [0, 0.1) is 0 Å². The average Bonchev–Trinajstić information content (AvgIpc) is 3.42. The lowest BCUT2D eigenvalue weighted by molar-refractivity contribution is 0.421. The fourth-order valence-corrected chi connectivity index (χ4v) is 2.98. The number of pyridine rings is 1. The van der Waals surface area contributed by atoms with Gasteiger partial charge in [0.15, 0.2) is 5.82 Å². The molecule has 0 bridgehead atoms. The SMILES string of the molecule is CC(Nc1ccc(-c2nc(CCCc3ccccc3)no2)cn1)c1ncc[nH]1. The van der Waals surface area contributed by atoms with E-state index in [1.165, 1.54) is 5.56 Å². The fraction of sp³-hybridized carbons (Fsp3) is 0.238. The number of nitrogens with one attached hydrogen (secondary N) is 2. The van der Waals surface area contributed by atoms with Gasteiger partial charge in [0.1, 0.15) is 11.6 Å². The molecule has 0 aliphatic rings. The van der Waals surface area contributed by atoms with E-state index in [9.17, 15) is 0 Å². The smallest absolute Gasteiger partial charge is 0.259 e. The van der Waals surface area contributed by atoms with Crippen LogP contribution in [0.5, 0.6) is 0 Å². The van der Waals surface area contributed by atoms with Gasteiger partial charge in [-0.1, -0.05) is 35.5 Å². The third kappa shape index (κ3) is 4.43. The van der Waals surface area contributed by atoms with E-state index in [2.05, 4.69) is 54.7 Å². The second kappa shape index (κ2) is 8.47. The summed E-state index contributed by atoms with van der Waals surface area (Å²) in [4.78, 5) is 16.3. The molecular weight excluding hydrogens is 352 g/mol. The quantitative estimate of drug-likeness (QED) is 0.480. The van der Waals surface area contributed by atoms with E-state index in [4.69, 9.17) is 4.52 Å². The summed E-state index contributed by atoms with van der Waals surface area (Å²) >= 11 is 0. The molecule has 1 unspecified atom stereocenters. The summed E-state index contributed by atoms with van der Waals surface area (Å²) in [5, 5.41) is 7.39. The van der Waals surface area contributed by atoms with Gasteiger partial charge < -0.3 is 14.8 Å². The molecule has 28 heavy (non-hydrogen) atoms. The highest BCUT2D eigenvalue weighted by molar-refractivity contribution is 5.54. The second-order valence-corrected chi connectivity index (χ2v) is 6.63. The van der Waals surface area contributed by atoms with Crippen molar-refractivity contribution in [3.05, 3.63) is 78.3 Å². The van der Waals surface area contributed by atoms with Crippen molar-refractivity contribution in [3.8, 4) is 11.5 Å². The number of anilines is 1. The van der Waals surface area contributed by atoms with Crippen LogP contribution in [0.15, 0.2) is 65.6 Å². The molecular formula is C21H22N6O. The Labute approximate surface area is 163 Å². The van der Waals surface area contributed by atoms with Gasteiger partial charge in [0.2, 0.25) is 0 Å². The number of hydrogen-bond donors (Lipinski definition) is 2. The molecule has 0 aliphatic carbocycles. The monoisotopic (exact) mass is 374 g/mol. The van der Waals surface area contributed by atoms with Crippen molar-refractivity contribution in [1.29, 1.82) is 0 Å². The molecule has 0 spiro atoms. The van der Waals surface area contributed by atoms with E-state index < -0.39 is 0 Å². The van der Waals surface area contributed by atoms with Gasteiger partial charge in [0.25, 0.3) is 5.89 Å². The van der Waals surface area contributed by atoms with Crippen LogP contribution in [0.3, 0.4) is 0 Å². The van der Waals surface area contributed by atoms with Crippen LogP contribution in [-0.4, -0.2) is 25.1 Å². The molecule has 0 saturated heterocycles. The van der Waals surface area contributed by atoms with E-state index in [1.54, 1.807) is 18.6 Å². The number of H-pyrrole nitrogens is 1. The van der Waals surface area contributed by atoms with E-state index >= 15 is 0 Å². The Bertz CT molecular complexity index is 979. The van der Waals surface area contributed by atoms with Crippen LogP contribution < -0.4 is 5.32 Å². The standard InChI is InChI=1S/C21H22N6O/c1-15(20-22-12-13-23-20)25-18-11-10-17(14-24-18)21-26-19(27-28-21)9-5-8-16-6-3-2-4-7-16/h2-4,6-7,10-15H,5,8-9H2,1H3,(H,22,23)(H,24,25). The zero-order valence-corrected chi connectivity index (χ0v) is 15.7. The van der Waals surface area contributed by atoms with Crippen molar-refractivity contribution in [1.82, 2.24) is 25.1 Å². The third-order valence-corrected chi connectivity index (χ3v) is 4.48. The third-order valence-electron chi connectivity index (χ3n) is 4.48. The number of aromatic nitrogens is 5. The van der Waals surface area contributed by atoms with Gasteiger partial charge in [0.05, 0.1) is 11.6 Å². The molecule has 0 aliphatic heterocycles. The maximum absolute atomic E-state index is 5.40. The van der Waals surface area contributed by atoms with Gasteiger partial charge in [-0.3, -0.25) is 0 Å². The summed E-state index contributed by atoms with van der Waals surface area (Å²) in [6.45, 7) is 2.02. The first-order chi connectivity index (χ1) is 13.8. The van der Waals surface area contributed by atoms with Crippen LogP contribution in [0.2, 0.25) is 0 Å². The minimum atomic E-state index is 0.0352. The Morgan fingerprint density at radius 3 is 2.71 bits per heavy atom. The summed E-state index contributed by atoms with van der Waals surface area (Å²) < 4.78 is 5.40. The topological polar surface area (TPSA) is 92.5 Å². The summed E-state index contributed by atoms with van der Waals surface area (Å²) in [6.07, 6.45) is 8.04. The summed E-state index contributed by atoms with van der Waals surface area (Å²) in [5.41, 5.74) is 2.13. The number of aryl methyl sites for hydroxylation is 2. The normalized spacial score (nSPS) is 12.0. The first kappa shape index (κ1) is 17.9. The van der Waals surface area contributed by atoms with Gasteiger partial charge in [0, 0.05) is 25.0 Å². The van der Waals surface area contributed by atoms with Crippen LogP contribution in [-0.2, 0) is 12.8 Å². The Balaban J connectivity index is 1.33. The van der Waals surface area contributed by atoms with Gasteiger partial charge in [-0.05, 0) is 37.5 Å². The molecule has 0 radical (unpaired) electrons. The molecule has 2 N–H and O–H groups in total. The van der Waals surface area contributed by atoms with E-state index in [0.717, 1.165) is 42.3 Å². The number of nitrogens with zero attached hydrogens (tertiary/aromatic N) is 4. The first-order valence-electron chi connectivity index (χ1n) is 9.36. The highest BCUT2D eigenvalue weighted by atomic mass is 16.5. The van der Waals surface area contributed by atoms with Crippen LogP contribution >= 0.6 is 0 Å². The number of imidazole rings is 1. The van der Waals surface area contributed by atoms with Gasteiger partial charge in [-0.2, -0.15) is 4.98 Å². The highest BCUT2D eigenvalue weighted by Gasteiger charge is 2.11. The Kier molecular flexibility index (Phi) is 5.42. The zero-order chi connectivity index (χ0) is 19.2. The predicted molar refractivity (Wildman–Crippen MR) is 107 cm³/mol. The molecule has 0 amide bonds.